The zero-order valence-electron chi connectivity index (χ0n) is 10.6. The predicted molar refractivity (Wildman–Crippen MR) is 69.0 cm³/mol. The highest BCUT2D eigenvalue weighted by Gasteiger charge is 2.20. The number of aromatic nitrogens is 2. The Labute approximate surface area is 103 Å². The maximum Gasteiger partial charge on any atom is 0.134 e. The lowest BCUT2D eigenvalue weighted by molar-refractivity contribution is 0.358. The van der Waals surface area contributed by atoms with Crippen molar-refractivity contribution in [1.29, 1.82) is 0 Å². The molecule has 0 aromatic carbocycles. The molecule has 0 aliphatic heterocycles. The van der Waals surface area contributed by atoms with E-state index in [0.29, 0.717) is 11.2 Å². The molecule has 1 heterocycles. The number of hydrogen-bond donors (Lipinski definition) is 1. The number of nitrogens with one attached hydrogen (secondary N) is 1. The molecule has 1 N–H and O–H groups in total. The zero-order chi connectivity index (χ0) is 12.3. The number of nitrogens with zero attached hydrogens (tertiary/aromatic N) is 2. The lowest BCUT2D eigenvalue weighted by atomic mass is 9.88. The topological polar surface area (TPSA) is 37.8 Å². The van der Waals surface area contributed by atoms with Crippen LogP contribution in [0.4, 0.5) is 5.82 Å². The second-order valence-corrected chi connectivity index (χ2v) is 5.46. The molecule has 0 bridgehead atoms. The van der Waals surface area contributed by atoms with Gasteiger partial charge in [-0.1, -0.05) is 39.3 Å². The Kier molecular flexibility index (Phi) is 4.14. The summed E-state index contributed by atoms with van der Waals surface area (Å²) in [5.41, 5.74) is 0.184. The lowest BCUT2D eigenvalue weighted by Crippen LogP contribution is -2.31. The van der Waals surface area contributed by atoms with Crippen molar-refractivity contribution < 1.29 is 0 Å². The van der Waals surface area contributed by atoms with E-state index < -0.39 is 0 Å². The number of anilines is 1. The highest BCUT2D eigenvalue weighted by Crippen LogP contribution is 2.22. The van der Waals surface area contributed by atoms with Gasteiger partial charge in [0.2, 0.25) is 0 Å². The molecule has 1 rings (SSSR count). The van der Waals surface area contributed by atoms with E-state index in [4.69, 9.17) is 11.6 Å². The minimum Gasteiger partial charge on any atom is -0.367 e. The summed E-state index contributed by atoms with van der Waals surface area (Å²) in [7, 11) is 0. The average molecular weight is 242 g/mol. The highest BCUT2D eigenvalue weighted by molar-refractivity contribution is 6.29. The van der Waals surface area contributed by atoms with Gasteiger partial charge in [0.1, 0.15) is 16.8 Å². The Morgan fingerprint density at radius 3 is 2.50 bits per heavy atom. The molecular formula is C12H20ClN3. The molecule has 1 aromatic rings. The molecule has 90 valence electrons. The van der Waals surface area contributed by atoms with Gasteiger partial charge >= 0.3 is 0 Å². The number of hydrogen-bond acceptors (Lipinski definition) is 3. The van der Waals surface area contributed by atoms with Gasteiger partial charge in [-0.3, -0.25) is 0 Å². The van der Waals surface area contributed by atoms with Crippen molar-refractivity contribution in [3.05, 3.63) is 17.0 Å². The van der Waals surface area contributed by atoms with Crippen LogP contribution in [0.15, 0.2) is 6.07 Å². The smallest absolute Gasteiger partial charge is 0.134 e. The van der Waals surface area contributed by atoms with Crippen LogP contribution in [0.5, 0.6) is 0 Å². The summed E-state index contributed by atoms with van der Waals surface area (Å²) in [6.07, 6.45) is 0.791. The molecule has 0 saturated carbocycles. The van der Waals surface area contributed by atoms with Crippen molar-refractivity contribution in [2.75, 3.05) is 5.32 Å². The Balaban J connectivity index is 2.85. The van der Waals surface area contributed by atoms with Crippen LogP contribution in [0.25, 0.3) is 0 Å². The van der Waals surface area contributed by atoms with E-state index in [9.17, 15) is 0 Å². The van der Waals surface area contributed by atoms with Crippen molar-refractivity contribution in [1.82, 2.24) is 9.97 Å². The van der Waals surface area contributed by atoms with E-state index >= 15 is 0 Å². The molecule has 3 nitrogen and oxygen atoms in total. The Morgan fingerprint density at radius 2 is 2.00 bits per heavy atom. The maximum absolute atomic E-state index is 5.94. The van der Waals surface area contributed by atoms with Gasteiger partial charge in [-0.2, -0.15) is 0 Å². The minimum absolute atomic E-state index is 0.184. The summed E-state index contributed by atoms with van der Waals surface area (Å²) < 4.78 is 0. The molecule has 0 saturated heterocycles. The van der Waals surface area contributed by atoms with Gasteiger partial charge in [0.05, 0.1) is 0 Å². The van der Waals surface area contributed by atoms with Crippen LogP contribution < -0.4 is 5.32 Å². The van der Waals surface area contributed by atoms with Crippen LogP contribution in [0.3, 0.4) is 0 Å². The first-order valence-electron chi connectivity index (χ1n) is 5.63. The first-order chi connectivity index (χ1) is 7.32. The second kappa shape index (κ2) is 5.00. The Morgan fingerprint density at radius 1 is 1.38 bits per heavy atom. The van der Waals surface area contributed by atoms with Gasteiger partial charge < -0.3 is 5.32 Å². The van der Waals surface area contributed by atoms with Crippen LogP contribution in [0.1, 0.15) is 40.4 Å². The molecule has 0 aliphatic carbocycles. The van der Waals surface area contributed by atoms with E-state index in [1.807, 2.05) is 6.92 Å². The highest BCUT2D eigenvalue weighted by atomic mass is 35.5. The van der Waals surface area contributed by atoms with E-state index in [2.05, 4.69) is 43.0 Å². The fraction of sp³-hybridized carbons (Fsp3) is 0.667. The maximum atomic E-state index is 5.94. The number of aryl methyl sites for hydroxylation is 1. The van der Waals surface area contributed by atoms with E-state index in [0.717, 1.165) is 18.1 Å². The van der Waals surface area contributed by atoms with Crippen molar-refractivity contribution in [2.45, 2.75) is 47.1 Å². The third-order valence-electron chi connectivity index (χ3n) is 2.72. The molecule has 1 atom stereocenters. The number of halogens is 1. The first-order valence-corrected chi connectivity index (χ1v) is 6.00. The third kappa shape index (κ3) is 3.63. The molecule has 4 heteroatoms. The van der Waals surface area contributed by atoms with Crippen LogP contribution in [-0.2, 0) is 6.42 Å². The molecule has 0 radical (unpaired) electrons. The monoisotopic (exact) mass is 241 g/mol. The van der Waals surface area contributed by atoms with Gasteiger partial charge in [-0.25, -0.2) is 9.97 Å². The van der Waals surface area contributed by atoms with Crippen LogP contribution in [0.2, 0.25) is 5.15 Å². The van der Waals surface area contributed by atoms with E-state index in [1.165, 1.54) is 0 Å². The average Bonchev–Trinajstić information content (AvgIpc) is 2.15. The molecule has 16 heavy (non-hydrogen) atoms. The Bertz CT molecular complexity index is 358. The second-order valence-electron chi connectivity index (χ2n) is 5.08. The molecule has 0 aliphatic rings. The quantitative estimate of drug-likeness (QED) is 0.823. The van der Waals surface area contributed by atoms with Gasteiger partial charge in [0.15, 0.2) is 0 Å². The zero-order valence-corrected chi connectivity index (χ0v) is 11.4. The summed E-state index contributed by atoms with van der Waals surface area (Å²) in [6.45, 7) is 10.7. The van der Waals surface area contributed by atoms with Gasteiger partial charge in [-0.15, -0.1) is 0 Å². The molecule has 0 spiro atoms. The predicted octanol–water partition coefficient (Wildman–Crippen LogP) is 3.54. The number of rotatable bonds is 3. The van der Waals surface area contributed by atoms with Crippen LogP contribution in [-0.4, -0.2) is 16.0 Å². The van der Waals surface area contributed by atoms with Crippen molar-refractivity contribution >= 4 is 17.4 Å². The molecule has 0 amide bonds. The molecular weight excluding hydrogens is 222 g/mol. The summed E-state index contributed by atoms with van der Waals surface area (Å²) in [5.74, 6) is 1.58. The SMILES string of the molecule is CCc1nc(Cl)cc(NC(C)C(C)(C)C)n1. The van der Waals surface area contributed by atoms with Gasteiger partial charge in [-0.05, 0) is 12.3 Å². The molecule has 1 unspecified atom stereocenters. The van der Waals surface area contributed by atoms with Crippen LogP contribution in [0, 0.1) is 5.41 Å². The largest absolute Gasteiger partial charge is 0.367 e. The van der Waals surface area contributed by atoms with Gasteiger partial charge in [0.25, 0.3) is 0 Å². The Hall–Kier alpha value is -0.830. The summed E-state index contributed by atoms with van der Waals surface area (Å²) in [5, 5.41) is 3.86. The summed E-state index contributed by atoms with van der Waals surface area (Å²) >= 11 is 5.94. The van der Waals surface area contributed by atoms with Crippen LogP contribution >= 0.6 is 11.6 Å². The minimum atomic E-state index is 0.184. The summed E-state index contributed by atoms with van der Waals surface area (Å²) in [6, 6.07) is 2.09. The molecule has 0 fully saturated rings. The van der Waals surface area contributed by atoms with E-state index in [-0.39, 0.29) is 5.41 Å². The van der Waals surface area contributed by atoms with Crippen molar-refractivity contribution in [3.63, 3.8) is 0 Å². The molecule has 1 aromatic heterocycles. The first kappa shape index (κ1) is 13.2. The standard InChI is InChI=1S/C12H20ClN3/c1-6-10-15-9(13)7-11(16-10)14-8(2)12(3,4)5/h7-8H,6H2,1-5H3,(H,14,15,16). The normalized spacial score (nSPS) is 13.6. The van der Waals surface area contributed by atoms with E-state index in [1.54, 1.807) is 6.07 Å². The van der Waals surface area contributed by atoms with Crippen molar-refractivity contribution in [3.8, 4) is 0 Å². The van der Waals surface area contributed by atoms with Gasteiger partial charge in [0, 0.05) is 18.5 Å². The lowest BCUT2D eigenvalue weighted by Gasteiger charge is -2.28. The third-order valence-corrected chi connectivity index (χ3v) is 2.91. The fourth-order valence-corrected chi connectivity index (χ4v) is 1.34. The van der Waals surface area contributed by atoms with Crippen molar-refractivity contribution in [2.24, 2.45) is 5.41 Å². The summed E-state index contributed by atoms with van der Waals surface area (Å²) in [4.78, 5) is 8.54. The fourth-order valence-electron chi connectivity index (χ4n) is 1.14.